The minimum absolute atomic E-state index is 0.775. The van der Waals surface area contributed by atoms with Gasteiger partial charge in [-0.3, -0.25) is 4.90 Å². The molecule has 2 nitrogen and oxygen atoms in total. The molecule has 1 saturated carbocycles. The Hall–Kier alpha value is -0.0800. The van der Waals surface area contributed by atoms with Crippen molar-refractivity contribution in [3.8, 4) is 0 Å². The third-order valence-electron chi connectivity index (χ3n) is 4.67. The van der Waals surface area contributed by atoms with Gasteiger partial charge < -0.3 is 5.32 Å². The van der Waals surface area contributed by atoms with Crippen LogP contribution in [0.15, 0.2) is 0 Å². The minimum Gasteiger partial charge on any atom is -0.312 e. The van der Waals surface area contributed by atoms with E-state index in [1.165, 1.54) is 64.6 Å². The molecule has 0 aromatic carbocycles. The Bertz CT molecular complexity index is 204. The summed E-state index contributed by atoms with van der Waals surface area (Å²) in [6.45, 7) is 8.57. The summed E-state index contributed by atoms with van der Waals surface area (Å²) in [5.41, 5.74) is 0. The third-order valence-corrected chi connectivity index (χ3v) is 4.67. The SMILES string of the molecule is CCCNC1CCCCC1N1CCC(C)CC1. The lowest BCUT2D eigenvalue weighted by Gasteiger charge is -2.43. The lowest BCUT2D eigenvalue weighted by Crippen LogP contribution is -2.53. The molecule has 1 aliphatic carbocycles. The molecule has 2 fully saturated rings. The molecule has 0 radical (unpaired) electrons. The molecule has 0 bridgehead atoms. The maximum Gasteiger partial charge on any atom is 0.0249 e. The molecule has 2 aliphatic rings. The molecule has 100 valence electrons. The molecular formula is C15H30N2. The fourth-order valence-electron chi connectivity index (χ4n) is 3.48. The van der Waals surface area contributed by atoms with E-state index in [0.29, 0.717) is 0 Å². The second-order valence-electron chi connectivity index (χ2n) is 6.13. The lowest BCUT2D eigenvalue weighted by molar-refractivity contribution is 0.0862. The van der Waals surface area contributed by atoms with Crippen LogP contribution in [0.1, 0.15) is 58.8 Å². The smallest absolute Gasteiger partial charge is 0.0249 e. The van der Waals surface area contributed by atoms with Crippen LogP contribution in [0, 0.1) is 5.92 Å². The zero-order valence-corrected chi connectivity index (χ0v) is 11.8. The second kappa shape index (κ2) is 6.75. The van der Waals surface area contributed by atoms with Crippen LogP contribution >= 0.6 is 0 Å². The van der Waals surface area contributed by atoms with E-state index in [2.05, 4.69) is 24.1 Å². The molecule has 1 saturated heterocycles. The topological polar surface area (TPSA) is 15.3 Å². The van der Waals surface area contributed by atoms with Gasteiger partial charge in [0.05, 0.1) is 0 Å². The van der Waals surface area contributed by atoms with Crippen LogP contribution in [-0.4, -0.2) is 36.6 Å². The highest BCUT2D eigenvalue weighted by molar-refractivity contribution is 4.89. The van der Waals surface area contributed by atoms with E-state index < -0.39 is 0 Å². The monoisotopic (exact) mass is 238 g/mol. The number of likely N-dealkylation sites (tertiary alicyclic amines) is 1. The van der Waals surface area contributed by atoms with Gasteiger partial charge in [0.15, 0.2) is 0 Å². The van der Waals surface area contributed by atoms with Crippen molar-refractivity contribution in [1.82, 2.24) is 10.2 Å². The maximum atomic E-state index is 3.79. The Morgan fingerprint density at radius 2 is 1.76 bits per heavy atom. The van der Waals surface area contributed by atoms with Crippen LogP contribution in [0.5, 0.6) is 0 Å². The normalized spacial score (nSPS) is 32.8. The molecule has 2 rings (SSSR count). The van der Waals surface area contributed by atoms with E-state index in [-0.39, 0.29) is 0 Å². The lowest BCUT2D eigenvalue weighted by atomic mass is 9.87. The van der Waals surface area contributed by atoms with Gasteiger partial charge in [-0.15, -0.1) is 0 Å². The fraction of sp³-hybridized carbons (Fsp3) is 1.00. The van der Waals surface area contributed by atoms with Gasteiger partial charge in [-0.25, -0.2) is 0 Å². The largest absolute Gasteiger partial charge is 0.312 e. The van der Waals surface area contributed by atoms with Gasteiger partial charge in [0.2, 0.25) is 0 Å². The highest BCUT2D eigenvalue weighted by Crippen LogP contribution is 2.27. The molecule has 0 amide bonds. The zero-order valence-electron chi connectivity index (χ0n) is 11.8. The van der Waals surface area contributed by atoms with Crippen LogP contribution < -0.4 is 5.32 Å². The van der Waals surface area contributed by atoms with E-state index in [1.807, 2.05) is 0 Å². The van der Waals surface area contributed by atoms with Crippen molar-refractivity contribution in [3.05, 3.63) is 0 Å². The summed E-state index contributed by atoms with van der Waals surface area (Å²) in [6, 6.07) is 1.61. The number of hydrogen-bond acceptors (Lipinski definition) is 2. The molecule has 1 heterocycles. The van der Waals surface area contributed by atoms with Crippen molar-refractivity contribution < 1.29 is 0 Å². The van der Waals surface area contributed by atoms with Crippen LogP contribution in [0.4, 0.5) is 0 Å². The molecule has 1 aliphatic heterocycles. The molecule has 17 heavy (non-hydrogen) atoms. The Labute approximate surface area is 107 Å². The predicted molar refractivity (Wildman–Crippen MR) is 74.3 cm³/mol. The highest BCUT2D eigenvalue weighted by Gasteiger charge is 2.31. The maximum absolute atomic E-state index is 3.79. The fourth-order valence-corrected chi connectivity index (χ4v) is 3.48. The summed E-state index contributed by atoms with van der Waals surface area (Å²) < 4.78 is 0. The molecular weight excluding hydrogens is 208 g/mol. The second-order valence-corrected chi connectivity index (χ2v) is 6.13. The van der Waals surface area contributed by atoms with Crippen molar-refractivity contribution in [2.75, 3.05) is 19.6 Å². The van der Waals surface area contributed by atoms with Gasteiger partial charge in [0.25, 0.3) is 0 Å². The average molecular weight is 238 g/mol. The Morgan fingerprint density at radius 3 is 2.47 bits per heavy atom. The van der Waals surface area contributed by atoms with Crippen LogP contribution in [0.25, 0.3) is 0 Å². The Kier molecular flexibility index (Phi) is 5.30. The summed E-state index contributed by atoms with van der Waals surface area (Å²) in [5.74, 6) is 0.955. The molecule has 2 atom stereocenters. The zero-order chi connectivity index (χ0) is 12.1. The number of hydrogen-bond donors (Lipinski definition) is 1. The molecule has 0 spiro atoms. The van der Waals surface area contributed by atoms with Gasteiger partial charge in [-0.1, -0.05) is 26.7 Å². The van der Waals surface area contributed by atoms with Crippen molar-refractivity contribution >= 4 is 0 Å². The Morgan fingerprint density at radius 1 is 1.06 bits per heavy atom. The molecule has 1 N–H and O–H groups in total. The number of piperidine rings is 1. The predicted octanol–water partition coefficient (Wildman–Crippen LogP) is 3.03. The third kappa shape index (κ3) is 3.69. The van der Waals surface area contributed by atoms with Crippen molar-refractivity contribution in [3.63, 3.8) is 0 Å². The van der Waals surface area contributed by atoms with E-state index in [4.69, 9.17) is 0 Å². The van der Waals surface area contributed by atoms with Crippen molar-refractivity contribution in [2.45, 2.75) is 70.9 Å². The van der Waals surface area contributed by atoms with Gasteiger partial charge in [0.1, 0.15) is 0 Å². The minimum atomic E-state index is 0.775. The first-order valence-corrected chi connectivity index (χ1v) is 7.78. The molecule has 0 aromatic heterocycles. The number of nitrogens with zero attached hydrogens (tertiary/aromatic N) is 1. The number of nitrogens with one attached hydrogen (secondary N) is 1. The van der Waals surface area contributed by atoms with E-state index in [1.54, 1.807) is 0 Å². The highest BCUT2D eigenvalue weighted by atomic mass is 15.2. The van der Waals surface area contributed by atoms with Gasteiger partial charge in [-0.2, -0.15) is 0 Å². The van der Waals surface area contributed by atoms with Gasteiger partial charge >= 0.3 is 0 Å². The first-order valence-electron chi connectivity index (χ1n) is 7.78. The Balaban J connectivity index is 1.86. The summed E-state index contributed by atoms with van der Waals surface area (Å²) in [7, 11) is 0. The summed E-state index contributed by atoms with van der Waals surface area (Å²) >= 11 is 0. The standard InChI is InChI=1S/C15H30N2/c1-3-10-16-14-6-4-5-7-15(14)17-11-8-13(2)9-12-17/h13-16H,3-12H2,1-2H3. The van der Waals surface area contributed by atoms with Gasteiger partial charge in [-0.05, 0) is 57.7 Å². The molecule has 2 unspecified atom stereocenters. The van der Waals surface area contributed by atoms with E-state index in [0.717, 1.165) is 18.0 Å². The molecule has 0 aromatic rings. The first-order chi connectivity index (χ1) is 8.31. The van der Waals surface area contributed by atoms with Crippen molar-refractivity contribution in [2.24, 2.45) is 5.92 Å². The number of rotatable bonds is 4. The first kappa shape index (κ1) is 13.4. The van der Waals surface area contributed by atoms with Crippen molar-refractivity contribution in [1.29, 1.82) is 0 Å². The van der Waals surface area contributed by atoms with Crippen LogP contribution in [0.3, 0.4) is 0 Å². The average Bonchev–Trinajstić information content (AvgIpc) is 2.38. The van der Waals surface area contributed by atoms with Crippen LogP contribution in [-0.2, 0) is 0 Å². The van der Waals surface area contributed by atoms with Crippen LogP contribution in [0.2, 0.25) is 0 Å². The summed E-state index contributed by atoms with van der Waals surface area (Å²) in [5, 5.41) is 3.79. The van der Waals surface area contributed by atoms with E-state index >= 15 is 0 Å². The van der Waals surface area contributed by atoms with E-state index in [9.17, 15) is 0 Å². The summed E-state index contributed by atoms with van der Waals surface area (Å²) in [4.78, 5) is 2.78. The summed E-state index contributed by atoms with van der Waals surface area (Å²) in [6.07, 6.45) is 9.80. The van der Waals surface area contributed by atoms with Gasteiger partial charge in [0, 0.05) is 12.1 Å². The molecule has 2 heteroatoms. The quantitative estimate of drug-likeness (QED) is 0.810.